The maximum atomic E-state index is 10.4. The van der Waals surface area contributed by atoms with Crippen LogP contribution in [0.2, 0.25) is 0 Å². The van der Waals surface area contributed by atoms with E-state index in [2.05, 4.69) is 38.7 Å². The molecule has 21 heavy (non-hydrogen) atoms. The zero-order chi connectivity index (χ0) is 15.3. The van der Waals surface area contributed by atoms with Crippen molar-refractivity contribution in [2.45, 2.75) is 45.7 Å². The van der Waals surface area contributed by atoms with E-state index >= 15 is 0 Å². The van der Waals surface area contributed by atoms with Crippen LogP contribution in [0, 0.1) is 6.92 Å². The van der Waals surface area contributed by atoms with E-state index in [0.717, 1.165) is 11.1 Å². The molecule has 0 aliphatic carbocycles. The van der Waals surface area contributed by atoms with E-state index in [1.807, 2.05) is 18.2 Å². The standard InChI is InChI=1S/C18H22ClNO/c1-10(2)20-12(4)14(9-19)18-15(20)8-16(21)13-7-5-6-11(3)17(13)18/h5-8,10,12,14,21H,9H2,1-4H3/t12-,14?/m1/s1. The Hall–Kier alpha value is -1.41. The minimum absolute atomic E-state index is 0.299. The van der Waals surface area contributed by atoms with E-state index < -0.39 is 0 Å². The molecule has 0 radical (unpaired) electrons. The first-order chi connectivity index (χ1) is 9.97. The molecule has 1 aliphatic rings. The Balaban J connectivity index is 2.40. The number of rotatable bonds is 2. The molecular weight excluding hydrogens is 282 g/mol. The van der Waals surface area contributed by atoms with Gasteiger partial charge in [-0.25, -0.2) is 0 Å². The van der Waals surface area contributed by atoms with Gasteiger partial charge in [-0.2, -0.15) is 0 Å². The quantitative estimate of drug-likeness (QED) is 0.806. The average molecular weight is 304 g/mol. The lowest BCUT2D eigenvalue weighted by Crippen LogP contribution is -2.37. The summed E-state index contributed by atoms with van der Waals surface area (Å²) in [5, 5.41) is 12.6. The van der Waals surface area contributed by atoms with Gasteiger partial charge in [0.1, 0.15) is 5.75 Å². The maximum absolute atomic E-state index is 10.4. The van der Waals surface area contributed by atoms with Gasteiger partial charge in [0.05, 0.1) is 0 Å². The van der Waals surface area contributed by atoms with Gasteiger partial charge in [-0.3, -0.25) is 0 Å². The molecule has 1 unspecified atom stereocenters. The zero-order valence-corrected chi connectivity index (χ0v) is 13.8. The van der Waals surface area contributed by atoms with Crippen LogP contribution in [0.3, 0.4) is 0 Å². The van der Waals surface area contributed by atoms with Crippen LogP contribution in [0.1, 0.15) is 37.8 Å². The normalized spacial score (nSPS) is 21.3. The highest BCUT2D eigenvalue weighted by atomic mass is 35.5. The molecule has 1 heterocycles. The molecular formula is C18H22ClNO. The number of aromatic hydroxyl groups is 1. The summed E-state index contributed by atoms with van der Waals surface area (Å²) < 4.78 is 0. The van der Waals surface area contributed by atoms with Gasteiger partial charge in [0.2, 0.25) is 0 Å². The van der Waals surface area contributed by atoms with Crippen molar-refractivity contribution in [1.82, 2.24) is 0 Å². The number of alkyl halides is 1. The third-order valence-electron chi connectivity index (χ3n) is 4.76. The fraction of sp³-hybridized carbons (Fsp3) is 0.444. The third kappa shape index (κ3) is 2.00. The van der Waals surface area contributed by atoms with E-state index in [-0.39, 0.29) is 0 Å². The molecule has 0 fully saturated rings. The minimum atomic E-state index is 0.299. The van der Waals surface area contributed by atoms with Crippen LogP contribution < -0.4 is 4.90 Å². The number of nitrogens with zero attached hydrogens (tertiary/aromatic N) is 1. The second kappa shape index (κ2) is 5.10. The first-order valence-electron chi connectivity index (χ1n) is 7.56. The molecule has 0 saturated carbocycles. The number of phenols is 1. The van der Waals surface area contributed by atoms with Gasteiger partial charge >= 0.3 is 0 Å². The Morgan fingerprint density at radius 2 is 2.05 bits per heavy atom. The van der Waals surface area contributed by atoms with Crippen LogP contribution in [0.15, 0.2) is 24.3 Å². The molecule has 3 heteroatoms. The van der Waals surface area contributed by atoms with Crippen molar-refractivity contribution >= 4 is 28.1 Å². The minimum Gasteiger partial charge on any atom is -0.507 e. The van der Waals surface area contributed by atoms with E-state index in [9.17, 15) is 5.11 Å². The van der Waals surface area contributed by atoms with Crippen LogP contribution >= 0.6 is 11.6 Å². The Labute approximate surface area is 131 Å². The summed E-state index contributed by atoms with van der Waals surface area (Å²) in [7, 11) is 0. The first-order valence-corrected chi connectivity index (χ1v) is 8.10. The highest BCUT2D eigenvalue weighted by molar-refractivity contribution is 6.19. The Morgan fingerprint density at radius 3 is 2.67 bits per heavy atom. The Bertz CT molecular complexity index is 695. The highest BCUT2D eigenvalue weighted by Gasteiger charge is 2.38. The first kappa shape index (κ1) is 14.5. The molecule has 2 nitrogen and oxygen atoms in total. The van der Waals surface area contributed by atoms with Gasteiger partial charge in [-0.15, -0.1) is 11.6 Å². The zero-order valence-electron chi connectivity index (χ0n) is 13.0. The van der Waals surface area contributed by atoms with Crippen LogP contribution in [0.4, 0.5) is 5.69 Å². The van der Waals surface area contributed by atoms with Crippen molar-refractivity contribution < 1.29 is 5.11 Å². The van der Waals surface area contributed by atoms with Gasteiger partial charge < -0.3 is 10.0 Å². The van der Waals surface area contributed by atoms with Crippen LogP contribution in [0.25, 0.3) is 10.8 Å². The molecule has 0 saturated heterocycles. The summed E-state index contributed by atoms with van der Waals surface area (Å²) in [6, 6.07) is 8.75. The molecule has 2 aromatic carbocycles. The number of anilines is 1. The maximum Gasteiger partial charge on any atom is 0.125 e. The lowest BCUT2D eigenvalue weighted by atomic mass is 9.90. The third-order valence-corrected chi connectivity index (χ3v) is 5.09. The number of halogens is 1. The van der Waals surface area contributed by atoms with Crippen molar-refractivity contribution in [2.24, 2.45) is 0 Å². The summed E-state index contributed by atoms with van der Waals surface area (Å²) in [5.74, 6) is 1.26. The Morgan fingerprint density at radius 1 is 1.33 bits per heavy atom. The molecule has 2 aromatic rings. The fourth-order valence-corrected chi connectivity index (χ4v) is 4.26. The van der Waals surface area contributed by atoms with Crippen LogP contribution in [-0.2, 0) is 0 Å². The molecule has 2 atom stereocenters. The van der Waals surface area contributed by atoms with Crippen molar-refractivity contribution in [1.29, 1.82) is 0 Å². The van der Waals surface area contributed by atoms with Crippen molar-refractivity contribution in [3.8, 4) is 5.75 Å². The number of hydrogen-bond acceptors (Lipinski definition) is 2. The molecule has 1 N–H and O–H groups in total. The lowest BCUT2D eigenvalue weighted by Gasteiger charge is -2.30. The topological polar surface area (TPSA) is 23.5 Å². The van der Waals surface area contributed by atoms with Crippen LogP contribution in [-0.4, -0.2) is 23.1 Å². The summed E-state index contributed by atoms with van der Waals surface area (Å²) in [5.41, 5.74) is 3.65. The largest absolute Gasteiger partial charge is 0.507 e. The van der Waals surface area contributed by atoms with E-state index in [1.165, 1.54) is 16.5 Å². The second-order valence-electron chi connectivity index (χ2n) is 6.33. The van der Waals surface area contributed by atoms with Gasteiger partial charge in [0.25, 0.3) is 0 Å². The second-order valence-corrected chi connectivity index (χ2v) is 6.64. The smallest absolute Gasteiger partial charge is 0.125 e. The number of benzene rings is 2. The number of hydrogen-bond donors (Lipinski definition) is 1. The number of phenolic OH excluding ortho intramolecular Hbond substituents is 1. The van der Waals surface area contributed by atoms with E-state index in [1.54, 1.807) is 0 Å². The molecule has 0 aromatic heterocycles. The van der Waals surface area contributed by atoms with E-state index in [4.69, 9.17) is 11.6 Å². The van der Waals surface area contributed by atoms with Gasteiger partial charge in [0.15, 0.2) is 0 Å². The van der Waals surface area contributed by atoms with Gasteiger partial charge in [-0.1, -0.05) is 18.2 Å². The SMILES string of the molecule is Cc1cccc2c(O)cc3c(c12)C(CCl)[C@@H](C)N3C(C)C. The lowest BCUT2D eigenvalue weighted by molar-refractivity contribution is 0.481. The molecule has 0 amide bonds. The molecule has 3 rings (SSSR count). The Kier molecular flexibility index (Phi) is 3.53. The number of aryl methyl sites for hydroxylation is 1. The predicted molar refractivity (Wildman–Crippen MR) is 90.9 cm³/mol. The molecule has 0 spiro atoms. The molecule has 1 aliphatic heterocycles. The van der Waals surface area contributed by atoms with Crippen molar-refractivity contribution in [2.75, 3.05) is 10.8 Å². The van der Waals surface area contributed by atoms with Gasteiger partial charge in [0, 0.05) is 41.0 Å². The van der Waals surface area contributed by atoms with Crippen LogP contribution in [0.5, 0.6) is 5.75 Å². The summed E-state index contributed by atoms with van der Waals surface area (Å²) in [6.07, 6.45) is 0. The number of fused-ring (bicyclic) bond motifs is 3. The summed E-state index contributed by atoms with van der Waals surface area (Å²) >= 11 is 6.30. The molecule has 0 bridgehead atoms. The van der Waals surface area contributed by atoms with E-state index in [0.29, 0.717) is 29.6 Å². The summed E-state index contributed by atoms with van der Waals surface area (Å²) in [6.45, 7) is 8.72. The van der Waals surface area contributed by atoms with Crippen molar-refractivity contribution in [3.05, 3.63) is 35.4 Å². The molecule has 112 valence electrons. The summed E-state index contributed by atoms with van der Waals surface area (Å²) in [4.78, 5) is 2.38. The average Bonchev–Trinajstić information content (AvgIpc) is 2.70. The monoisotopic (exact) mass is 303 g/mol. The van der Waals surface area contributed by atoms with Crippen molar-refractivity contribution in [3.63, 3.8) is 0 Å². The predicted octanol–water partition coefficient (Wildman–Crippen LogP) is 4.79. The van der Waals surface area contributed by atoms with Gasteiger partial charge in [-0.05, 0) is 44.2 Å². The highest BCUT2D eigenvalue weighted by Crippen LogP contribution is 2.49. The fourth-order valence-electron chi connectivity index (χ4n) is 3.85.